The van der Waals surface area contributed by atoms with Gasteiger partial charge in [-0.2, -0.15) is 4.31 Å². The van der Waals surface area contributed by atoms with Crippen LogP contribution in [0.15, 0.2) is 29.2 Å². The van der Waals surface area contributed by atoms with Crippen LogP contribution in [0.1, 0.15) is 25.5 Å². The van der Waals surface area contributed by atoms with Gasteiger partial charge in [0.15, 0.2) is 0 Å². The van der Waals surface area contributed by atoms with E-state index in [0.29, 0.717) is 17.5 Å². The Hall–Kier alpha value is -1.86. The van der Waals surface area contributed by atoms with Gasteiger partial charge in [0.25, 0.3) is 0 Å². The molecular weight excluding hydrogens is 328 g/mol. The number of carboxylic acids is 1. The summed E-state index contributed by atoms with van der Waals surface area (Å²) in [7, 11) is -2.07. The van der Waals surface area contributed by atoms with Gasteiger partial charge in [0.2, 0.25) is 10.0 Å². The lowest BCUT2D eigenvalue weighted by Gasteiger charge is -2.36. The molecule has 1 aliphatic rings. The van der Waals surface area contributed by atoms with Crippen molar-refractivity contribution in [3.05, 3.63) is 30.0 Å². The summed E-state index contributed by atoms with van der Waals surface area (Å²) in [4.78, 5) is 11.9. The minimum Gasteiger partial charge on any atom is -0.480 e. The Bertz CT molecular complexity index is 901. The first kappa shape index (κ1) is 17.0. The van der Waals surface area contributed by atoms with Crippen LogP contribution < -0.4 is 0 Å². The van der Waals surface area contributed by atoms with Crippen molar-refractivity contribution in [3.63, 3.8) is 0 Å². The SMILES string of the molecule is Cc1c(S(=O)(=O)N2CCCC(C)C2C(=O)O)c2ccccc2n1C. The molecule has 6 nitrogen and oxygen atoms in total. The predicted octanol–water partition coefficient (Wildman–Crippen LogP) is 2.36. The Kier molecular flexibility index (Phi) is 4.17. The van der Waals surface area contributed by atoms with E-state index in [4.69, 9.17) is 0 Å². The van der Waals surface area contributed by atoms with Gasteiger partial charge in [0, 0.05) is 30.2 Å². The molecule has 1 saturated heterocycles. The summed E-state index contributed by atoms with van der Waals surface area (Å²) < 4.78 is 29.7. The minimum atomic E-state index is -3.89. The van der Waals surface area contributed by atoms with Crippen molar-refractivity contribution in [1.29, 1.82) is 0 Å². The third-order valence-corrected chi connectivity index (χ3v) is 7.11. The van der Waals surface area contributed by atoms with Crippen LogP contribution in [0.2, 0.25) is 0 Å². The maximum absolute atomic E-state index is 13.3. The Balaban J connectivity index is 2.21. The first-order chi connectivity index (χ1) is 11.3. The van der Waals surface area contributed by atoms with Crippen LogP contribution in [0, 0.1) is 12.8 Å². The molecule has 0 bridgehead atoms. The topological polar surface area (TPSA) is 79.6 Å². The number of nitrogens with zero attached hydrogens (tertiary/aromatic N) is 2. The molecular formula is C17H22N2O4S. The third kappa shape index (κ3) is 2.43. The van der Waals surface area contributed by atoms with E-state index in [1.807, 2.05) is 23.7 Å². The van der Waals surface area contributed by atoms with Crippen molar-refractivity contribution in [2.75, 3.05) is 6.54 Å². The number of para-hydroxylation sites is 1. The monoisotopic (exact) mass is 350 g/mol. The number of hydrogen-bond acceptors (Lipinski definition) is 3. The number of benzene rings is 1. The summed E-state index contributed by atoms with van der Waals surface area (Å²) in [5.41, 5.74) is 1.45. The fourth-order valence-corrected chi connectivity index (χ4v) is 5.88. The van der Waals surface area contributed by atoms with Gasteiger partial charge in [-0.3, -0.25) is 4.79 Å². The molecule has 2 atom stereocenters. The Morgan fingerprint density at radius 3 is 2.62 bits per heavy atom. The Morgan fingerprint density at radius 2 is 1.96 bits per heavy atom. The average Bonchev–Trinajstić information content (AvgIpc) is 2.79. The molecule has 1 aromatic carbocycles. The normalized spacial score (nSPS) is 22.8. The number of aliphatic carboxylic acids is 1. The Morgan fingerprint density at radius 1 is 1.29 bits per heavy atom. The fourth-order valence-electron chi connectivity index (χ4n) is 3.72. The lowest BCUT2D eigenvalue weighted by molar-refractivity contribution is -0.144. The summed E-state index contributed by atoms with van der Waals surface area (Å²) >= 11 is 0. The van der Waals surface area contributed by atoms with Gasteiger partial charge in [-0.25, -0.2) is 8.42 Å². The van der Waals surface area contributed by atoms with E-state index in [2.05, 4.69) is 0 Å². The van der Waals surface area contributed by atoms with Crippen molar-refractivity contribution in [2.45, 2.75) is 37.6 Å². The molecule has 0 radical (unpaired) electrons. The van der Waals surface area contributed by atoms with Crippen molar-refractivity contribution in [2.24, 2.45) is 13.0 Å². The van der Waals surface area contributed by atoms with Crippen LogP contribution in [0.4, 0.5) is 0 Å². The Labute approximate surface area is 141 Å². The van der Waals surface area contributed by atoms with Crippen molar-refractivity contribution in [1.82, 2.24) is 8.87 Å². The van der Waals surface area contributed by atoms with Crippen LogP contribution in [-0.4, -0.2) is 41.0 Å². The number of hydrogen-bond donors (Lipinski definition) is 1. The van der Waals surface area contributed by atoms with Gasteiger partial charge in [-0.05, 0) is 31.7 Å². The number of carbonyl (C=O) groups is 1. The highest BCUT2D eigenvalue weighted by molar-refractivity contribution is 7.89. The molecule has 24 heavy (non-hydrogen) atoms. The molecule has 3 rings (SSSR count). The summed E-state index contributed by atoms with van der Waals surface area (Å²) in [5, 5.41) is 10.2. The second-order valence-electron chi connectivity index (χ2n) is 6.51. The molecule has 130 valence electrons. The first-order valence-corrected chi connectivity index (χ1v) is 9.49. The molecule has 1 aliphatic heterocycles. The lowest BCUT2D eigenvalue weighted by atomic mass is 9.93. The minimum absolute atomic E-state index is 0.207. The zero-order valence-electron chi connectivity index (χ0n) is 14.1. The van der Waals surface area contributed by atoms with E-state index < -0.39 is 22.0 Å². The first-order valence-electron chi connectivity index (χ1n) is 8.05. The van der Waals surface area contributed by atoms with Crippen molar-refractivity contribution in [3.8, 4) is 0 Å². The summed E-state index contributed by atoms with van der Waals surface area (Å²) in [6.07, 6.45) is 1.39. The molecule has 0 saturated carbocycles. The number of aryl methyl sites for hydroxylation is 1. The molecule has 0 amide bonds. The predicted molar refractivity (Wildman–Crippen MR) is 91.4 cm³/mol. The maximum Gasteiger partial charge on any atom is 0.322 e. The molecule has 7 heteroatoms. The number of fused-ring (bicyclic) bond motifs is 1. The van der Waals surface area contributed by atoms with Gasteiger partial charge in [0.05, 0.1) is 0 Å². The number of sulfonamides is 1. The third-order valence-electron chi connectivity index (χ3n) is 5.05. The van der Waals surface area contributed by atoms with E-state index in [9.17, 15) is 18.3 Å². The van der Waals surface area contributed by atoms with E-state index in [-0.39, 0.29) is 17.4 Å². The van der Waals surface area contributed by atoms with E-state index in [0.717, 1.165) is 11.9 Å². The molecule has 2 unspecified atom stereocenters. The number of carboxylic acid groups (broad SMARTS) is 1. The summed E-state index contributed by atoms with van der Waals surface area (Å²) in [6, 6.07) is 6.30. The second kappa shape index (κ2) is 5.89. The molecule has 1 N–H and O–H groups in total. The number of rotatable bonds is 3. The van der Waals surface area contributed by atoms with Crippen LogP contribution in [-0.2, 0) is 21.9 Å². The second-order valence-corrected chi connectivity index (χ2v) is 8.34. The molecule has 0 aliphatic carbocycles. The van der Waals surface area contributed by atoms with E-state index in [1.165, 1.54) is 4.31 Å². The molecule has 2 heterocycles. The maximum atomic E-state index is 13.3. The number of aromatic nitrogens is 1. The largest absolute Gasteiger partial charge is 0.480 e. The molecule has 2 aromatic rings. The zero-order chi connectivity index (χ0) is 17.6. The summed E-state index contributed by atoms with van der Waals surface area (Å²) in [5.74, 6) is -1.29. The van der Waals surface area contributed by atoms with Crippen LogP contribution in [0.5, 0.6) is 0 Å². The molecule has 0 spiro atoms. The highest BCUT2D eigenvalue weighted by atomic mass is 32.2. The standard InChI is InChI=1S/C17H22N2O4S/c1-11-7-6-10-19(15(11)17(20)21)24(22,23)16-12(2)18(3)14-9-5-4-8-13(14)16/h4-5,8-9,11,15H,6-7,10H2,1-3H3,(H,20,21). The smallest absolute Gasteiger partial charge is 0.322 e. The van der Waals surface area contributed by atoms with Gasteiger partial charge < -0.3 is 9.67 Å². The summed E-state index contributed by atoms with van der Waals surface area (Å²) in [6.45, 7) is 3.80. The van der Waals surface area contributed by atoms with Crippen LogP contribution in [0.25, 0.3) is 10.9 Å². The highest BCUT2D eigenvalue weighted by Crippen LogP contribution is 2.35. The lowest BCUT2D eigenvalue weighted by Crippen LogP contribution is -2.51. The van der Waals surface area contributed by atoms with E-state index >= 15 is 0 Å². The quantitative estimate of drug-likeness (QED) is 0.921. The zero-order valence-corrected chi connectivity index (χ0v) is 14.9. The van der Waals surface area contributed by atoms with Gasteiger partial charge in [0.1, 0.15) is 10.9 Å². The molecule has 1 fully saturated rings. The van der Waals surface area contributed by atoms with E-state index in [1.54, 1.807) is 26.0 Å². The number of piperidine rings is 1. The molecule has 1 aromatic heterocycles. The highest BCUT2D eigenvalue weighted by Gasteiger charge is 2.43. The van der Waals surface area contributed by atoms with Gasteiger partial charge in [-0.15, -0.1) is 0 Å². The van der Waals surface area contributed by atoms with Gasteiger partial charge >= 0.3 is 5.97 Å². The average molecular weight is 350 g/mol. The fraction of sp³-hybridized carbons (Fsp3) is 0.471. The van der Waals surface area contributed by atoms with Crippen molar-refractivity contribution >= 4 is 26.9 Å². The van der Waals surface area contributed by atoms with Crippen LogP contribution >= 0.6 is 0 Å². The van der Waals surface area contributed by atoms with Crippen LogP contribution in [0.3, 0.4) is 0 Å². The van der Waals surface area contributed by atoms with Crippen molar-refractivity contribution < 1.29 is 18.3 Å². The van der Waals surface area contributed by atoms with Gasteiger partial charge in [-0.1, -0.05) is 25.1 Å².